The van der Waals surface area contributed by atoms with Crippen LogP contribution < -0.4 is 10.6 Å². The monoisotopic (exact) mass is 393 g/mol. The minimum absolute atomic E-state index is 0.125. The van der Waals surface area contributed by atoms with Gasteiger partial charge in [0.25, 0.3) is 5.91 Å². The predicted molar refractivity (Wildman–Crippen MR) is 108 cm³/mol. The van der Waals surface area contributed by atoms with Gasteiger partial charge >= 0.3 is 6.03 Å². The van der Waals surface area contributed by atoms with Gasteiger partial charge in [0.05, 0.1) is 6.54 Å². The third-order valence-corrected chi connectivity index (χ3v) is 5.09. The van der Waals surface area contributed by atoms with Crippen LogP contribution in [0.3, 0.4) is 0 Å². The molecule has 2 N–H and O–H groups in total. The van der Waals surface area contributed by atoms with Gasteiger partial charge in [-0.1, -0.05) is 44.2 Å². The molecule has 7 heteroatoms. The summed E-state index contributed by atoms with van der Waals surface area (Å²) in [6.45, 7) is 3.22. The van der Waals surface area contributed by atoms with Crippen molar-refractivity contribution in [1.29, 1.82) is 0 Å². The second-order valence-electron chi connectivity index (χ2n) is 6.85. The number of carbonyl (C=O) groups excluding carboxylic acids is 4. The first kappa shape index (κ1) is 20.3. The van der Waals surface area contributed by atoms with Crippen LogP contribution in [0.25, 0.3) is 0 Å². The number of rotatable bonds is 7. The minimum Gasteiger partial charge on any atom is -0.326 e. The molecular formula is C22H23N3O4. The molecule has 0 spiro atoms. The van der Waals surface area contributed by atoms with Crippen LogP contribution in [0, 0.1) is 0 Å². The van der Waals surface area contributed by atoms with Gasteiger partial charge in [-0.3, -0.25) is 19.3 Å². The van der Waals surface area contributed by atoms with Crippen molar-refractivity contribution in [3.05, 3.63) is 65.7 Å². The molecule has 1 fully saturated rings. The number of benzene rings is 2. The molecule has 0 aromatic heterocycles. The Labute approximate surface area is 169 Å². The topological polar surface area (TPSA) is 95.6 Å². The highest BCUT2D eigenvalue weighted by molar-refractivity contribution is 6.11. The summed E-state index contributed by atoms with van der Waals surface area (Å²) in [6, 6.07) is 14.8. The number of ketones is 1. The standard InChI is InChI=1S/C22H23N3O4/c1-3-19(27)23-17-12-10-15(11-13-17)18(26)14-25-20(28)22(4-2,24-21(25)29)16-8-6-5-7-9-16/h5-13H,3-4,14H2,1-2H3,(H,23,27)(H,24,29)/t22-/m0/s1. The second-order valence-corrected chi connectivity index (χ2v) is 6.85. The van der Waals surface area contributed by atoms with E-state index in [2.05, 4.69) is 10.6 Å². The van der Waals surface area contributed by atoms with E-state index in [1.165, 1.54) is 0 Å². The zero-order chi connectivity index (χ0) is 21.0. The van der Waals surface area contributed by atoms with Crippen LogP contribution in [0.4, 0.5) is 10.5 Å². The van der Waals surface area contributed by atoms with Crippen LogP contribution in [-0.2, 0) is 15.1 Å². The molecule has 0 saturated carbocycles. The van der Waals surface area contributed by atoms with Crippen LogP contribution in [0.15, 0.2) is 54.6 Å². The molecule has 2 aromatic rings. The quantitative estimate of drug-likeness (QED) is 0.558. The van der Waals surface area contributed by atoms with Gasteiger partial charge in [0.1, 0.15) is 5.54 Å². The summed E-state index contributed by atoms with van der Waals surface area (Å²) in [7, 11) is 0. The second kappa shape index (κ2) is 8.26. The van der Waals surface area contributed by atoms with Gasteiger partial charge in [-0.05, 0) is 36.2 Å². The fourth-order valence-corrected chi connectivity index (χ4v) is 3.36. The van der Waals surface area contributed by atoms with Crippen molar-refractivity contribution >= 4 is 29.3 Å². The Bertz CT molecular complexity index is 940. The number of imide groups is 1. The average molecular weight is 393 g/mol. The zero-order valence-electron chi connectivity index (χ0n) is 16.4. The molecule has 0 bridgehead atoms. The van der Waals surface area contributed by atoms with Crippen LogP contribution >= 0.6 is 0 Å². The maximum absolute atomic E-state index is 13.1. The maximum atomic E-state index is 13.1. The molecule has 3 rings (SSSR count). The summed E-state index contributed by atoms with van der Waals surface area (Å²) in [5.74, 6) is -0.918. The molecule has 1 saturated heterocycles. The summed E-state index contributed by atoms with van der Waals surface area (Å²) in [5.41, 5.74) is 0.463. The highest BCUT2D eigenvalue weighted by Crippen LogP contribution is 2.32. The Morgan fingerprint density at radius 1 is 1.00 bits per heavy atom. The number of nitrogens with zero attached hydrogens (tertiary/aromatic N) is 1. The molecule has 1 atom stereocenters. The van der Waals surface area contributed by atoms with Crippen molar-refractivity contribution in [1.82, 2.24) is 10.2 Å². The highest BCUT2D eigenvalue weighted by Gasteiger charge is 2.51. The molecule has 150 valence electrons. The first-order valence-electron chi connectivity index (χ1n) is 9.54. The Hall–Kier alpha value is -3.48. The highest BCUT2D eigenvalue weighted by atomic mass is 16.2. The van der Waals surface area contributed by atoms with Gasteiger partial charge in [0.2, 0.25) is 5.91 Å². The molecular weight excluding hydrogens is 370 g/mol. The third-order valence-electron chi connectivity index (χ3n) is 5.09. The lowest BCUT2D eigenvalue weighted by Crippen LogP contribution is -2.43. The van der Waals surface area contributed by atoms with Gasteiger partial charge in [-0.25, -0.2) is 4.79 Å². The van der Waals surface area contributed by atoms with E-state index in [9.17, 15) is 19.2 Å². The van der Waals surface area contributed by atoms with Crippen molar-refractivity contribution in [3.63, 3.8) is 0 Å². The van der Waals surface area contributed by atoms with E-state index in [0.717, 1.165) is 4.90 Å². The van der Waals surface area contributed by atoms with Gasteiger partial charge in [-0.2, -0.15) is 0 Å². The Morgan fingerprint density at radius 2 is 1.66 bits per heavy atom. The van der Waals surface area contributed by atoms with Gasteiger partial charge < -0.3 is 10.6 Å². The average Bonchev–Trinajstić information content (AvgIpc) is 2.99. The van der Waals surface area contributed by atoms with Crippen molar-refractivity contribution in [3.8, 4) is 0 Å². The van der Waals surface area contributed by atoms with E-state index in [0.29, 0.717) is 29.7 Å². The SMILES string of the molecule is CCC(=O)Nc1ccc(C(=O)CN2C(=O)N[C@@](CC)(c3ccccc3)C2=O)cc1. The summed E-state index contributed by atoms with van der Waals surface area (Å²) in [4.78, 5) is 50.7. The first-order valence-corrected chi connectivity index (χ1v) is 9.54. The number of anilines is 1. The summed E-state index contributed by atoms with van der Waals surface area (Å²) in [6.07, 6.45) is 0.728. The van der Waals surface area contributed by atoms with Crippen LogP contribution in [0.5, 0.6) is 0 Å². The minimum atomic E-state index is -1.16. The lowest BCUT2D eigenvalue weighted by atomic mass is 9.87. The van der Waals surface area contributed by atoms with Crippen molar-refractivity contribution in [2.45, 2.75) is 32.2 Å². The first-order chi connectivity index (χ1) is 13.9. The Morgan fingerprint density at radius 3 is 2.24 bits per heavy atom. The maximum Gasteiger partial charge on any atom is 0.325 e. The van der Waals surface area contributed by atoms with E-state index >= 15 is 0 Å². The molecule has 0 unspecified atom stereocenters. The smallest absolute Gasteiger partial charge is 0.325 e. The number of nitrogens with one attached hydrogen (secondary N) is 2. The van der Waals surface area contributed by atoms with Crippen molar-refractivity contribution < 1.29 is 19.2 Å². The van der Waals surface area contributed by atoms with Crippen LogP contribution in [0.1, 0.15) is 42.6 Å². The summed E-state index contributed by atoms with van der Waals surface area (Å²) < 4.78 is 0. The largest absolute Gasteiger partial charge is 0.326 e. The fraction of sp³-hybridized carbons (Fsp3) is 0.273. The zero-order valence-corrected chi connectivity index (χ0v) is 16.4. The molecule has 0 aliphatic carbocycles. The molecule has 1 aliphatic heterocycles. The number of hydrogen-bond donors (Lipinski definition) is 2. The number of amides is 4. The van der Waals surface area contributed by atoms with Crippen LogP contribution in [-0.4, -0.2) is 35.1 Å². The Kier molecular flexibility index (Phi) is 5.77. The Balaban J connectivity index is 1.76. The van der Waals surface area contributed by atoms with Gasteiger partial charge in [0, 0.05) is 17.7 Å². The molecule has 1 heterocycles. The molecule has 4 amide bonds. The molecule has 1 aliphatic rings. The fourth-order valence-electron chi connectivity index (χ4n) is 3.36. The number of urea groups is 1. The van der Waals surface area contributed by atoms with Crippen molar-refractivity contribution in [2.24, 2.45) is 0 Å². The number of hydrogen-bond acceptors (Lipinski definition) is 4. The molecule has 7 nitrogen and oxygen atoms in total. The van der Waals surface area contributed by atoms with Crippen LogP contribution in [0.2, 0.25) is 0 Å². The van der Waals surface area contributed by atoms with E-state index in [4.69, 9.17) is 0 Å². The summed E-state index contributed by atoms with van der Waals surface area (Å²) >= 11 is 0. The van der Waals surface area contributed by atoms with Gasteiger partial charge in [0.15, 0.2) is 5.78 Å². The lowest BCUT2D eigenvalue weighted by molar-refractivity contribution is -0.131. The van der Waals surface area contributed by atoms with Gasteiger partial charge in [-0.15, -0.1) is 0 Å². The molecule has 29 heavy (non-hydrogen) atoms. The van der Waals surface area contributed by atoms with E-state index < -0.39 is 17.5 Å². The normalized spacial score (nSPS) is 18.5. The molecule has 0 radical (unpaired) electrons. The lowest BCUT2D eigenvalue weighted by Gasteiger charge is -2.25. The number of Topliss-reactive ketones (excluding diaryl/α,β-unsaturated/α-hetero) is 1. The van der Waals surface area contributed by atoms with E-state index in [1.807, 2.05) is 13.0 Å². The molecule has 2 aromatic carbocycles. The van der Waals surface area contributed by atoms with E-state index in [-0.39, 0.29) is 18.2 Å². The third kappa shape index (κ3) is 3.89. The predicted octanol–water partition coefficient (Wildman–Crippen LogP) is 3.08. The van der Waals surface area contributed by atoms with E-state index in [1.54, 1.807) is 55.5 Å². The van der Waals surface area contributed by atoms with Crippen molar-refractivity contribution in [2.75, 3.05) is 11.9 Å². The summed E-state index contributed by atoms with van der Waals surface area (Å²) in [5, 5.41) is 5.47. The number of carbonyl (C=O) groups is 4.